The van der Waals surface area contributed by atoms with Gasteiger partial charge in [0.1, 0.15) is 11.4 Å². The summed E-state index contributed by atoms with van der Waals surface area (Å²) in [6, 6.07) is 16.8. The number of rotatable bonds is 4. The maximum absolute atomic E-state index is 10.8. The fourth-order valence-corrected chi connectivity index (χ4v) is 4.15. The topological polar surface area (TPSA) is 65.0 Å². The first kappa shape index (κ1) is 15.2. The largest absolute Gasteiger partial charge is 0.465 e. The van der Waals surface area contributed by atoms with Crippen molar-refractivity contribution in [2.75, 3.05) is 17.4 Å². The molecular formula is C16H20N2O3S. The van der Waals surface area contributed by atoms with Crippen molar-refractivity contribution in [3.05, 3.63) is 54.6 Å². The number of hydrogen-bond acceptors (Lipinski definition) is 5. The van der Waals surface area contributed by atoms with E-state index in [4.69, 9.17) is 4.74 Å². The molecule has 0 saturated carbocycles. The second kappa shape index (κ2) is 6.18. The van der Waals surface area contributed by atoms with Crippen molar-refractivity contribution in [1.82, 2.24) is 5.32 Å². The van der Waals surface area contributed by atoms with Gasteiger partial charge in [-0.15, -0.1) is 0 Å². The molecule has 1 unspecified atom stereocenters. The molecule has 0 aromatic heterocycles. The molecule has 6 heteroatoms. The summed E-state index contributed by atoms with van der Waals surface area (Å²) in [6.07, 6.45) is 0. The van der Waals surface area contributed by atoms with E-state index in [1.807, 2.05) is 61.5 Å². The van der Waals surface area contributed by atoms with Gasteiger partial charge in [0.2, 0.25) is 5.44 Å². The molecule has 0 bridgehead atoms. The van der Waals surface area contributed by atoms with E-state index in [1.165, 1.54) is 0 Å². The number of anilines is 2. The Hall–Kier alpha value is -1.73. The van der Waals surface area contributed by atoms with Crippen molar-refractivity contribution in [3.63, 3.8) is 0 Å². The van der Waals surface area contributed by atoms with Crippen molar-refractivity contribution >= 4 is 22.2 Å². The van der Waals surface area contributed by atoms with Gasteiger partial charge in [-0.1, -0.05) is 48.0 Å². The number of benzene rings is 2. The second-order valence-electron chi connectivity index (χ2n) is 5.01. The molecule has 1 aliphatic rings. The summed E-state index contributed by atoms with van der Waals surface area (Å²) in [4.78, 5) is 0. The second-order valence-corrected chi connectivity index (χ2v) is 7.03. The lowest BCUT2D eigenvalue weighted by molar-refractivity contribution is 0.244. The zero-order valence-corrected chi connectivity index (χ0v) is 13.2. The van der Waals surface area contributed by atoms with Crippen molar-refractivity contribution in [3.8, 4) is 5.75 Å². The first-order valence-corrected chi connectivity index (χ1v) is 8.80. The van der Waals surface area contributed by atoms with E-state index in [0.29, 0.717) is 18.0 Å². The minimum Gasteiger partial charge on any atom is -0.465 e. The van der Waals surface area contributed by atoms with Crippen LogP contribution in [0.4, 0.5) is 11.4 Å². The number of hydrogen-bond donors (Lipinski definition) is 3. The molecule has 5 nitrogen and oxygen atoms in total. The SMILES string of the molecule is CCNCC1Oc2ccccc2N(c2ccccc2)S1(O)O. The van der Waals surface area contributed by atoms with Gasteiger partial charge in [0.25, 0.3) is 0 Å². The zero-order valence-electron chi connectivity index (χ0n) is 12.3. The van der Waals surface area contributed by atoms with E-state index in [9.17, 15) is 9.11 Å². The number of ether oxygens (including phenoxy) is 1. The number of fused-ring (bicyclic) bond motifs is 1. The fraction of sp³-hybridized carbons (Fsp3) is 0.250. The van der Waals surface area contributed by atoms with Crippen molar-refractivity contribution in [2.24, 2.45) is 0 Å². The lowest BCUT2D eigenvalue weighted by Crippen LogP contribution is -2.44. The molecule has 3 rings (SSSR count). The van der Waals surface area contributed by atoms with E-state index in [0.717, 1.165) is 12.2 Å². The zero-order chi connectivity index (χ0) is 15.6. The first-order chi connectivity index (χ1) is 10.6. The van der Waals surface area contributed by atoms with E-state index < -0.39 is 16.2 Å². The minimum atomic E-state index is -3.15. The molecule has 0 saturated heterocycles. The Kier molecular flexibility index (Phi) is 4.26. The molecule has 1 aliphatic heterocycles. The van der Waals surface area contributed by atoms with Crippen molar-refractivity contribution in [1.29, 1.82) is 0 Å². The molecule has 0 radical (unpaired) electrons. The molecular weight excluding hydrogens is 300 g/mol. The summed E-state index contributed by atoms with van der Waals surface area (Å²) in [5.74, 6) is 0.653. The standard InChI is InChI=1S/C16H20N2O3S/c1-2-17-12-16-21-15-11-7-6-10-14(15)18(22(16,19)20)13-8-4-3-5-9-13/h3-11,16-17,19-20H,2,12H2,1H3. The summed E-state index contributed by atoms with van der Waals surface area (Å²) in [5.41, 5.74) is 0.684. The van der Waals surface area contributed by atoms with Crippen LogP contribution in [0.1, 0.15) is 6.92 Å². The Morgan fingerprint density at radius 3 is 2.50 bits per heavy atom. The van der Waals surface area contributed by atoms with Crippen LogP contribution in [0.3, 0.4) is 0 Å². The minimum absolute atomic E-state index is 0.372. The summed E-state index contributed by atoms with van der Waals surface area (Å²) in [5, 5.41) is 3.13. The molecule has 118 valence electrons. The van der Waals surface area contributed by atoms with Gasteiger partial charge in [-0.25, -0.2) is 4.31 Å². The molecule has 3 N–H and O–H groups in total. The third-order valence-corrected chi connectivity index (χ3v) is 5.43. The van der Waals surface area contributed by atoms with Gasteiger partial charge in [0, 0.05) is 0 Å². The molecule has 0 fully saturated rings. The van der Waals surface area contributed by atoms with Crippen LogP contribution in [0.15, 0.2) is 54.6 Å². The van der Waals surface area contributed by atoms with Crippen LogP contribution >= 0.6 is 10.8 Å². The van der Waals surface area contributed by atoms with Crippen LogP contribution in [-0.4, -0.2) is 27.6 Å². The Balaban J connectivity index is 2.07. The van der Waals surface area contributed by atoms with Crippen LogP contribution in [0.25, 0.3) is 0 Å². The van der Waals surface area contributed by atoms with Gasteiger partial charge in [-0.05, 0) is 30.8 Å². The maximum Gasteiger partial charge on any atom is 0.218 e. The fourth-order valence-electron chi connectivity index (χ4n) is 2.47. The predicted molar refractivity (Wildman–Crippen MR) is 90.8 cm³/mol. The van der Waals surface area contributed by atoms with E-state index in [1.54, 1.807) is 4.31 Å². The highest BCUT2D eigenvalue weighted by Crippen LogP contribution is 2.60. The number of nitrogens with one attached hydrogen (secondary N) is 1. The smallest absolute Gasteiger partial charge is 0.218 e. The Morgan fingerprint density at radius 1 is 1.09 bits per heavy atom. The van der Waals surface area contributed by atoms with Gasteiger partial charge in [-0.2, -0.15) is 0 Å². The first-order valence-electron chi connectivity index (χ1n) is 7.23. The monoisotopic (exact) mass is 320 g/mol. The predicted octanol–water partition coefficient (Wildman–Crippen LogP) is 3.82. The molecule has 1 atom stereocenters. The number of likely N-dealkylation sites (N-methyl/N-ethyl adjacent to an activating group) is 1. The maximum atomic E-state index is 10.8. The molecule has 2 aromatic rings. The highest BCUT2D eigenvalue weighted by molar-refractivity contribution is 8.26. The van der Waals surface area contributed by atoms with Crippen LogP contribution in [0.5, 0.6) is 5.75 Å². The lowest BCUT2D eigenvalue weighted by atomic mass is 10.2. The van der Waals surface area contributed by atoms with Crippen LogP contribution in [0, 0.1) is 0 Å². The molecule has 0 amide bonds. The van der Waals surface area contributed by atoms with Crippen molar-refractivity contribution in [2.45, 2.75) is 12.4 Å². The van der Waals surface area contributed by atoms with Gasteiger partial charge < -0.3 is 10.1 Å². The van der Waals surface area contributed by atoms with Crippen LogP contribution < -0.4 is 14.4 Å². The van der Waals surface area contributed by atoms with Crippen molar-refractivity contribution < 1.29 is 13.8 Å². The summed E-state index contributed by atoms with van der Waals surface area (Å²) in [7, 11) is -3.15. The summed E-state index contributed by atoms with van der Waals surface area (Å²) >= 11 is 0. The third-order valence-electron chi connectivity index (χ3n) is 3.52. The molecule has 0 spiro atoms. The number of para-hydroxylation sites is 3. The molecule has 2 aromatic carbocycles. The average molecular weight is 320 g/mol. The average Bonchev–Trinajstić information content (AvgIpc) is 2.53. The summed E-state index contributed by atoms with van der Waals surface area (Å²) in [6.45, 7) is 3.08. The third kappa shape index (κ3) is 2.66. The number of nitrogens with zero attached hydrogens (tertiary/aromatic N) is 1. The Labute approximate surface area is 132 Å². The van der Waals surface area contributed by atoms with Gasteiger partial charge >= 0.3 is 0 Å². The molecule has 22 heavy (non-hydrogen) atoms. The van der Waals surface area contributed by atoms with E-state index in [2.05, 4.69) is 5.32 Å². The highest BCUT2D eigenvalue weighted by Gasteiger charge is 2.40. The van der Waals surface area contributed by atoms with E-state index in [-0.39, 0.29) is 0 Å². The lowest BCUT2D eigenvalue weighted by Gasteiger charge is -2.51. The normalized spacial score (nSPS) is 20.9. The Morgan fingerprint density at radius 2 is 1.77 bits per heavy atom. The van der Waals surface area contributed by atoms with Gasteiger partial charge in [0.05, 0.1) is 12.2 Å². The van der Waals surface area contributed by atoms with Crippen LogP contribution in [0.2, 0.25) is 0 Å². The molecule has 1 heterocycles. The highest BCUT2D eigenvalue weighted by atomic mass is 32.3. The Bertz CT molecular complexity index is 636. The molecule has 0 aliphatic carbocycles. The van der Waals surface area contributed by atoms with Gasteiger partial charge in [0.15, 0.2) is 0 Å². The van der Waals surface area contributed by atoms with Crippen LogP contribution in [-0.2, 0) is 0 Å². The summed E-state index contributed by atoms with van der Waals surface area (Å²) < 4.78 is 29.1. The van der Waals surface area contributed by atoms with E-state index >= 15 is 0 Å². The van der Waals surface area contributed by atoms with Gasteiger partial charge in [-0.3, -0.25) is 9.11 Å². The quantitative estimate of drug-likeness (QED) is 0.799.